The Hall–Kier alpha value is -3.41. The van der Waals surface area contributed by atoms with E-state index in [0.717, 1.165) is 56.0 Å². The minimum atomic E-state index is 0. The van der Waals surface area contributed by atoms with E-state index in [4.69, 9.17) is 4.98 Å². The van der Waals surface area contributed by atoms with Gasteiger partial charge in [0.2, 0.25) is 0 Å². The van der Waals surface area contributed by atoms with Gasteiger partial charge >= 0.3 is 0 Å². The second-order valence-electron chi connectivity index (χ2n) is 7.04. The molecule has 3 aromatic heterocycles. The maximum absolute atomic E-state index is 4.91. The Balaban J connectivity index is 0.00000181. The van der Waals surface area contributed by atoms with Gasteiger partial charge in [0.25, 0.3) is 0 Å². The Morgan fingerprint density at radius 1 is 0.517 bits per heavy atom. The van der Waals surface area contributed by atoms with Crippen molar-refractivity contribution >= 4 is 34.2 Å². The van der Waals surface area contributed by atoms with Gasteiger partial charge in [-0.25, -0.2) is 9.97 Å². The standard InChI is InChI=1S/C24H16N4.Co/c1-2-4-22-21(3-1)23-13-19-9-7-17(26-19)11-15-5-6-16(25-15)12-18-8-10-20(27-18)14-24(22)28-23;/h1-14,26-27H;. The number of aromatic amines is 2. The summed E-state index contributed by atoms with van der Waals surface area (Å²) in [5.41, 5.74) is 10.2. The molecule has 5 heteroatoms. The van der Waals surface area contributed by atoms with E-state index < -0.39 is 0 Å². The van der Waals surface area contributed by atoms with Crippen LogP contribution in [0.2, 0.25) is 0 Å². The van der Waals surface area contributed by atoms with Crippen molar-refractivity contribution in [1.29, 1.82) is 0 Å². The molecule has 6 rings (SSSR count). The Morgan fingerprint density at radius 3 is 1.45 bits per heavy atom. The average molecular weight is 419 g/mol. The van der Waals surface area contributed by atoms with Crippen molar-refractivity contribution < 1.29 is 16.8 Å². The fourth-order valence-electron chi connectivity index (χ4n) is 3.76. The molecule has 5 heterocycles. The number of H-pyrrole nitrogens is 2. The Kier molecular flexibility index (Phi) is 4.19. The minimum absolute atomic E-state index is 0. The van der Waals surface area contributed by atoms with Gasteiger partial charge in [-0.15, -0.1) is 0 Å². The van der Waals surface area contributed by atoms with E-state index in [1.54, 1.807) is 0 Å². The van der Waals surface area contributed by atoms with Crippen molar-refractivity contribution in [3.05, 3.63) is 84.2 Å². The summed E-state index contributed by atoms with van der Waals surface area (Å²) < 4.78 is 0. The summed E-state index contributed by atoms with van der Waals surface area (Å²) in [6.07, 6.45) is 4.06. The summed E-state index contributed by atoms with van der Waals surface area (Å²) in [6.45, 7) is 0. The summed E-state index contributed by atoms with van der Waals surface area (Å²) in [7, 11) is 0. The fraction of sp³-hybridized carbons (Fsp3) is 0. The van der Waals surface area contributed by atoms with Crippen LogP contribution in [0.5, 0.6) is 0 Å². The van der Waals surface area contributed by atoms with Crippen LogP contribution in [0, 0.1) is 0 Å². The van der Waals surface area contributed by atoms with Gasteiger partial charge in [-0.05, 0) is 60.7 Å². The molecule has 0 unspecified atom stereocenters. The van der Waals surface area contributed by atoms with E-state index >= 15 is 0 Å². The number of aromatic nitrogens is 4. The molecule has 0 amide bonds. The van der Waals surface area contributed by atoms with Gasteiger partial charge in [0, 0.05) is 50.0 Å². The van der Waals surface area contributed by atoms with E-state index in [-0.39, 0.29) is 16.8 Å². The second-order valence-corrected chi connectivity index (χ2v) is 7.04. The smallest absolute Gasteiger partial charge is 0.0737 e. The quantitative estimate of drug-likeness (QED) is 0.326. The minimum Gasteiger partial charge on any atom is -0.355 e. The molecule has 2 aliphatic rings. The predicted molar refractivity (Wildman–Crippen MR) is 114 cm³/mol. The third-order valence-electron chi connectivity index (χ3n) is 5.06. The summed E-state index contributed by atoms with van der Waals surface area (Å²) in [5.74, 6) is 0. The molecular weight excluding hydrogens is 403 g/mol. The molecule has 2 aliphatic heterocycles. The van der Waals surface area contributed by atoms with Crippen molar-refractivity contribution in [1.82, 2.24) is 19.9 Å². The summed E-state index contributed by atoms with van der Waals surface area (Å²) in [6, 6.07) is 24.9. The number of rotatable bonds is 0. The maximum atomic E-state index is 4.91. The topological polar surface area (TPSA) is 57.4 Å². The summed E-state index contributed by atoms with van der Waals surface area (Å²) in [4.78, 5) is 16.5. The van der Waals surface area contributed by atoms with E-state index in [9.17, 15) is 0 Å². The molecule has 0 fully saturated rings. The number of hydrogen-bond donors (Lipinski definition) is 2. The van der Waals surface area contributed by atoms with Gasteiger partial charge in [0.15, 0.2) is 0 Å². The zero-order chi connectivity index (χ0) is 18.5. The molecule has 29 heavy (non-hydrogen) atoms. The first kappa shape index (κ1) is 17.7. The Labute approximate surface area is 177 Å². The monoisotopic (exact) mass is 419 g/mol. The van der Waals surface area contributed by atoms with Crippen LogP contribution in [-0.2, 0) is 16.8 Å². The molecule has 4 aromatic rings. The first-order chi connectivity index (χ1) is 13.8. The maximum Gasteiger partial charge on any atom is 0.0737 e. The van der Waals surface area contributed by atoms with Crippen LogP contribution in [0.1, 0.15) is 11.4 Å². The predicted octanol–water partition coefficient (Wildman–Crippen LogP) is 5.82. The molecule has 4 nitrogen and oxygen atoms in total. The van der Waals surface area contributed by atoms with Gasteiger partial charge in [0.05, 0.1) is 22.8 Å². The molecule has 0 aliphatic carbocycles. The first-order valence-electron chi connectivity index (χ1n) is 9.26. The SMILES string of the molecule is C1=Cc2cc3ccc(cc4nc(cc5ccc(cc1n2)[nH]5)-c1ccccc1-4)[nH]3.[Co]. The van der Waals surface area contributed by atoms with Gasteiger partial charge in [-0.2, -0.15) is 0 Å². The first-order valence-corrected chi connectivity index (χ1v) is 9.26. The fourth-order valence-corrected chi connectivity index (χ4v) is 3.76. The Morgan fingerprint density at radius 2 is 0.966 bits per heavy atom. The third kappa shape index (κ3) is 3.20. The molecule has 2 N–H and O–H groups in total. The van der Waals surface area contributed by atoms with Gasteiger partial charge in [-0.1, -0.05) is 24.3 Å². The van der Waals surface area contributed by atoms with E-state index in [1.807, 2.05) is 12.2 Å². The normalized spacial score (nSPS) is 11.7. The number of fused-ring (bicyclic) bond motifs is 11. The van der Waals surface area contributed by atoms with Gasteiger partial charge in [0.1, 0.15) is 0 Å². The van der Waals surface area contributed by atoms with Crippen LogP contribution in [0.25, 0.3) is 56.7 Å². The number of hydrogen-bond acceptors (Lipinski definition) is 2. The largest absolute Gasteiger partial charge is 0.355 e. The number of nitrogens with one attached hydrogen (secondary N) is 2. The zero-order valence-corrected chi connectivity index (χ0v) is 16.4. The van der Waals surface area contributed by atoms with Crippen molar-refractivity contribution in [2.45, 2.75) is 0 Å². The molecule has 0 atom stereocenters. The zero-order valence-electron chi connectivity index (χ0n) is 15.3. The van der Waals surface area contributed by atoms with Crippen LogP contribution in [-0.4, -0.2) is 19.9 Å². The van der Waals surface area contributed by atoms with E-state index in [2.05, 4.69) is 87.7 Å². The number of nitrogens with zero attached hydrogens (tertiary/aromatic N) is 2. The van der Waals surface area contributed by atoms with Crippen LogP contribution < -0.4 is 0 Å². The summed E-state index contributed by atoms with van der Waals surface area (Å²) >= 11 is 0. The molecule has 141 valence electrons. The molecule has 0 spiro atoms. The van der Waals surface area contributed by atoms with Crippen molar-refractivity contribution in [3.63, 3.8) is 0 Å². The van der Waals surface area contributed by atoms with Crippen LogP contribution in [0.15, 0.2) is 72.8 Å². The molecule has 8 bridgehead atoms. The molecule has 1 radical (unpaired) electrons. The number of benzene rings is 1. The van der Waals surface area contributed by atoms with Gasteiger partial charge in [-0.3, -0.25) is 0 Å². The molecule has 1 aromatic carbocycles. The van der Waals surface area contributed by atoms with Gasteiger partial charge < -0.3 is 9.97 Å². The van der Waals surface area contributed by atoms with Crippen molar-refractivity contribution in [2.24, 2.45) is 0 Å². The third-order valence-corrected chi connectivity index (χ3v) is 5.06. The summed E-state index contributed by atoms with van der Waals surface area (Å²) in [5, 5.41) is 0. The van der Waals surface area contributed by atoms with Crippen LogP contribution in [0.4, 0.5) is 0 Å². The second kappa shape index (κ2) is 6.88. The van der Waals surface area contributed by atoms with Crippen molar-refractivity contribution in [3.8, 4) is 22.5 Å². The molecular formula is C24H16CoN4. The molecule has 0 saturated carbocycles. The molecule has 0 saturated heterocycles. The van der Waals surface area contributed by atoms with Crippen molar-refractivity contribution in [2.75, 3.05) is 0 Å². The van der Waals surface area contributed by atoms with Crippen LogP contribution >= 0.6 is 0 Å². The van der Waals surface area contributed by atoms with Crippen LogP contribution in [0.3, 0.4) is 0 Å². The van der Waals surface area contributed by atoms with E-state index in [1.165, 1.54) is 0 Å². The average Bonchev–Trinajstić information content (AvgIpc) is 3.47. The van der Waals surface area contributed by atoms with E-state index in [0.29, 0.717) is 0 Å². The Bertz CT molecular complexity index is 1320.